The summed E-state index contributed by atoms with van der Waals surface area (Å²) in [7, 11) is 0. The molecule has 0 amide bonds. The smallest absolute Gasteiger partial charge is 0.416 e. The number of hydrogen-bond acceptors (Lipinski definition) is 2. The van der Waals surface area contributed by atoms with E-state index in [0.717, 1.165) is 40.3 Å². The van der Waals surface area contributed by atoms with Gasteiger partial charge in [0.05, 0.1) is 33.4 Å². The molecule has 0 saturated heterocycles. The van der Waals surface area contributed by atoms with Crippen LogP contribution in [0.3, 0.4) is 0 Å². The first-order chi connectivity index (χ1) is 20.6. The molecule has 1 aliphatic carbocycles. The van der Waals surface area contributed by atoms with E-state index in [9.17, 15) is 23.1 Å². The van der Waals surface area contributed by atoms with Crippen molar-refractivity contribution in [3.8, 4) is 5.69 Å². The van der Waals surface area contributed by atoms with Crippen molar-refractivity contribution >= 4 is 44.9 Å². The highest BCUT2D eigenvalue weighted by atomic mass is 19.4. The second-order valence-corrected chi connectivity index (χ2v) is 10.9. The molecule has 0 unspecified atom stereocenters. The minimum atomic E-state index is -4.50. The van der Waals surface area contributed by atoms with Gasteiger partial charge in [0, 0.05) is 47.5 Å². The van der Waals surface area contributed by atoms with Crippen LogP contribution in [0, 0.1) is 13.8 Å². The number of para-hydroxylation sites is 2. The van der Waals surface area contributed by atoms with Gasteiger partial charge >= 0.3 is 6.18 Å². The van der Waals surface area contributed by atoms with Gasteiger partial charge in [-0.05, 0) is 49.7 Å². The molecule has 212 valence electrons. The van der Waals surface area contributed by atoms with E-state index in [2.05, 4.69) is 10.6 Å². The van der Waals surface area contributed by atoms with Crippen LogP contribution in [-0.4, -0.2) is 21.2 Å². The van der Waals surface area contributed by atoms with Gasteiger partial charge in [-0.2, -0.15) is 17.7 Å². The predicted octanol–water partition coefficient (Wildman–Crippen LogP) is 8.88. The van der Waals surface area contributed by atoms with Crippen LogP contribution >= 0.6 is 0 Å². The molecule has 1 aliphatic heterocycles. The van der Waals surface area contributed by atoms with Crippen molar-refractivity contribution in [2.75, 3.05) is 0 Å². The first-order valence-electron chi connectivity index (χ1n) is 13.9. The van der Waals surface area contributed by atoms with Gasteiger partial charge in [-0.3, -0.25) is 4.79 Å². The summed E-state index contributed by atoms with van der Waals surface area (Å²) in [5, 5.41) is 12.3. The average Bonchev–Trinajstić information content (AvgIpc) is 3.43. The number of alkyl halides is 3. The lowest BCUT2D eigenvalue weighted by atomic mass is 9.78. The number of halogens is 3. The lowest BCUT2D eigenvalue weighted by Crippen LogP contribution is -2.24. The normalized spacial score (nSPS) is 16.7. The van der Waals surface area contributed by atoms with Crippen molar-refractivity contribution in [1.82, 2.24) is 9.14 Å². The van der Waals surface area contributed by atoms with Crippen LogP contribution in [0.1, 0.15) is 34.9 Å². The van der Waals surface area contributed by atoms with Gasteiger partial charge in [0.15, 0.2) is 5.71 Å². The molecule has 5 aromatic rings. The number of nitrogens with zero attached hydrogens (tertiary/aromatic N) is 2. The number of rotatable bonds is 3. The van der Waals surface area contributed by atoms with Crippen LogP contribution in [0.4, 0.5) is 24.5 Å². The first kappa shape index (κ1) is 26.7. The number of hydrogen-bond donors (Lipinski definition) is 1. The molecule has 43 heavy (non-hydrogen) atoms. The number of aliphatic hydroxyl groups excluding tert-OH is 1. The molecule has 0 saturated carbocycles. The fourth-order valence-corrected chi connectivity index (χ4v) is 6.49. The van der Waals surface area contributed by atoms with Crippen LogP contribution in [0.15, 0.2) is 108 Å². The summed E-state index contributed by atoms with van der Waals surface area (Å²) in [5.41, 5.74) is 6.99. The van der Waals surface area contributed by atoms with E-state index in [0.29, 0.717) is 33.4 Å². The molecule has 7 heteroatoms. The molecule has 4 aromatic carbocycles. The first-order valence-corrected chi connectivity index (χ1v) is 13.9. The lowest BCUT2D eigenvalue weighted by Gasteiger charge is -2.23. The van der Waals surface area contributed by atoms with Gasteiger partial charge in [-0.25, -0.2) is 0 Å². The zero-order valence-corrected chi connectivity index (χ0v) is 23.6. The number of fused-ring (bicyclic) bond motifs is 2. The Kier molecular flexibility index (Phi) is 5.85. The number of carbonyl (C=O) groups is 1. The summed E-state index contributed by atoms with van der Waals surface area (Å²) in [6.07, 6.45) is -4.50. The molecule has 0 radical (unpaired) electrons. The van der Waals surface area contributed by atoms with Gasteiger partial charge in [0.25, 0.3) is 0 Å². The van der Waals surface area contributed by atoms with Crippen molar-refractivity contribution in [1.29, 1.82) is 0 Å². The Bertz CT molecular complexity index is 2130. The van der Waals surface area contributed by atoms with Crippen molar-refractivity contribution < 1.29 is 23.1 Å². The monoisotopic (exact) mass is 575 g/mol. The Morgan fingerprint density at radius 2 is 1.49 bits per heavy atom. The molecule has 0 fully saturated rings. The molecular weight excluding hydrogens is 549 g/mol. The number of ketones is 1. The van der Waals surface area contributed by atoms with Gasteiger partial charge in [-0.1, -0.05) is 48.5 Å². The van der Waals surface area contributed by atoms with Gasteiger partial charge in [-0.15, -0.1) is 0 Å². The van der Waals surface area contributed by atoms with E-state index in [1.165, 1.54) is 6.07 Å². The Balaban J connectivity index is 1.45. The number of benzene rings is 4. The fourth-order valence-electron chi connectivity index (χ4n) is 6.49. The van der Waals surface area contributed by atoms with Crippen LogP contribution in [0.5, 0.6) is 0 Å². The summed E-state index contributed by atoms with van der Waals surface area (Å²) in [4.78, 5) is 14.1. The SMILES string of the molecule is CC1=[N+](c2cccc(C)c2)c2ccccc2/C1=C1/C(=O)C(c2c(C)n(-c3cccc(C(F)(F)F)c3)c3ccccc23)=C1O. The Morgan fingerprint density at radius 3 is 2.23 bits per heavy atom. The number of allylic oxidation sites excluding steroid dienone is 3. The summed E-state index contributed by atoms with van der Waals surface area (Å²) in [6, 6.07) is 28.2. The highest BCUT2D eigenvalue weighted by Crippen LogP contribution is 2.48. The molecule has 2 heterocycles. The summed E-state index contributed by atoms with van der Waals surface area (Å²) in [5.74, 6) is -0.418. The standard InChI is InChI=1S/C36H25F3N2O2/c1-20-10-8-12-24(18-20)40-21(2)30(26-14-4-6-16-28(26)40)32-34(42)33(35(32)43)31-22(3)41(29-17-7-5-15-27(29)31)25-13-9-11-23(19-25)36(37,38)39/h4-19H,1-3H3/p+1. The summed E-state index contributed by atoms with van der Waals surface area (Å²) in [6.45, 7) is 5.72. The van der Waals surface area contributed by atoms with E-state index in [1.807, 2.05) is 68.4 Å². The van der Waals surface area contributed by atoms with Crippen molar-refractivity contribution in [2.45, 2.75) is 26.9 Å². The zero-order valence-electron chi connectivity index (χ0n) is 23.6. The molecule has 1 N–H and O–H groups in total. The van der Waals surface area contributed by atoms with Crippen molar-refractivity contribution in [3.05, 3.63) is 136 Å². The Hall–Kier alpha value is -5.17. The third-order valence-electron chi connectivity index (χ3n) is 8.34. The van der Waals surface area contributed by atoms with Crippen LogP contribution in [0.2, 0.25) is 0 Å². The minimum absolute atomic E-state index is 0.115. The molecule has 2 aliphatic rings. The Labute approximate surface area is 246 Å². The number of carbonyl (C=O) groups excluding carboxylic acids is 1. The van der Waals surface area contributed by atoms with Gasteiger partial charge < -0.3 is 9.67 Å². The number of aliphatic hydroxyl groups is 1. The molecule has 1 aromatic heterocycles. The summed E-state index contributed by atoms with van der Waals surface area (Å²) < 4.78 is 44.5. The second kappa shape index (κ2) is 9.42. The highest BCUT2D eigenvalue weighted by Gasteiger charge is 2.45. The Morgan fingerprint density at radius 1 is 0.767 bits per heavy atom. The van der Waals surface area contributed by atoms with Crippen molar-refractivity contribution in [2.24, 2.45) is 0 Å². The van der Waals surface area contributed by atoms with E-state index < -0.39 is 11.7 Å². The number of Topliss-reactive ketones (excluding diaryl/α,β-unsaturated/α-hetero) is 1. The minimum Gasteiger partial charge on any atom is -0.506 e. The van der Waals surface area contributed by atoms with Crippen LogP contribution in [-0.2, 0) is 11.0 Å². The molecule has 0 spiro atoms. The maximum Gasteiger partial charge on any atom is 0.416 e. The maximum absolute atomic E-state index is 14.1. The number of aromatic nitrogens is 1. The molecule has 4 nitrogen and oxygen atoms in total. The zero-order chi connectivity index (χ0) is 30.2. The average molecular weight is 576 g/mol. The van der Waals surface area contributed by atoms with E-state index in [4.69, 9.17) is 0 Å². The molecule has 7 rings (SSSR count). The quantitative estimate of drug-likeness (QED) is 0.173. The number of aryl methyl sites for hydroxylation is 1. The topological polar surface area (TPSA) is 45.2 Å². The molecule has 0 bridgehead atoms. The van der Waals surface area contributed by atoms with Crippen LogP contribution in [0.25, 0.3) is 27.7 Å². The third-order valence-corrected chi connectivity index (χ3v) is 8.34. The molecular formula is C36H26F3N2O2+. The van der Waals surface area contributed by atoms with Gasteiger partial charge in [0.2, 0.25) is 17.2 Å². The fraction of sp³-hybridized carbons (Fsp3) is 0.111. The van der Waals surface area contributed by atoms with Crippen molar-refractivity contribution in [3.63, 3.8) is 0 Å². The van der Waals surface area contributed by atoms with Gasteiger partial charge in [0.1, 0.15) is 5.76 Å². The third kappa shape index (κ3) is 3.91. The van der Waals surface area contributed by atoms with E-state index in [-0.39, 0.29) is 22.7 Å². The maximum atomic E-state index is 14.1. The summed E-state index contributed by atoms with van der Waals surface area (Å²) >= 11 is 0. The molecule has 0 atom stereocenters. The van der Waals surface area contributed by atoms with Crippen LogP contribution < -0.4 is 4.58 Å². The predicted molar refractivity (Wildman–Crippen MR) is 164 cm³/mol. The van der Waals surface area contributed by atoms with E-state index >= 15 is 0 Å². The highest BCUT2D eigenvalue weighted by molar-refractivity contribution is 6.48. The van der Waals surface area contributed by atoms with E-state index in [1.54, 1.807) is 29.7 Å². The second-order valence-electron chi connectivity index (χ2n) is 10.9. The lowest BCUT2D eigenvalue weighted by molar-refractivity contribution is -0.137. The largest absolute Gasteiger partial charge is 0.506 e.